The second kappa shape index (κ2) is 11.6. The summed E-state index contributed by atoms with van der Waals surface area (Å²) in [5.74, 6) is 2.43. The zero-order valence-electron chi connectivity index (χ0n) is 20.1. The van der Waals surface area contributed by atoms with Gasteiger partial charge in [0.1, 0.15) is 5.76 Å². The molecular formula is C28H34N2O4. The molecule has 2 fully saturated rings. The predicted molar refractivity (Wildman–Crippen MR) is 134 cm³/mol. The topological polar surface area (TPSA) is 55.2 Å². The smallest absolute Gasteiger partial charge is 0.230 e. The Balaban J connectivity index is 0.000000336. The maximum atomic E-state index is 12.4. The third-order valence-corrected chi connectivity index (χ3v) is 6.34. The van der Waals surface area contributed by atoms with Crippen LogP contribution in [0.25, 0.3) is 0 Å². The molecule has 0 N–H and O–H groups in total. The molecule has 0 unspecified atom stereocenters. The van der Waals surface area contributed by atoms with Crippen molar-refractivity contribution in [2.75, 3.05) is 38.2 Å². The molecule has 1 saturated carbocycles. The molecule has 1 aromatic heterocycles. The molecular weight excluding hydrogens is 428 g/mol. The summed E-state index contributed by atoms with van der Waals surface area (Å²) in [5.41, 5.74) is 2.44. The summed E-state index contributed by atoms with van der Waals surface area (Å²) in [5, 5.41) is 0. The molecule has 0 atom stereocenters. The Morgan fingerprint density at radius 2 is 1.74 bits per heavy atom. The average molecular weight is 463 g/mol. The molecule has 0 radical (unpaired) electrons. The minimum absolute atomic E-state index is 0.119. The molecule has 2 aromatic carbocycles. The number of aryl methyl sites for hydroxylation is 1. The maximum Gasteiger partial charge on any atom is 0.230 e. The molecule has 6 heteroatoms. The normalized spacial score (nSPS) is 15.7. The van der Waals surface area contributed by atoms with E-state index in [1.165, 1.54) is 12.0 Å². The van der Waals surface area contributed by atoms with Crippen LogP contribution in [-0.2, 0) is 11.2 Å². The molecule has 6 nitrogen and oxygen atoms in total. The zero-order chi connectivity index (χ0) is 23.8. The molecule has 0 bridgehead atoms. The van der Waals surface area contributed by atoms with Crippen LogP contribution in [0.3, 0.4) is 0 Å². The number of amides is 1. The SMILES string of the molecule is COc1ccc(N2CCN(C(=O)Cc3ccco3)CC2)cc1OC1CCC1.Cc1ccccc1. The fourth-order valence-electron chi connectivity index (χ4n) is 4.04. The lowest BCUT2D eigenvalue weighted by molar-refractivity contribution is -0.131. The first-order valence-electron chi connectivity index (χ1n) is 12.0. The number of methoxy groups -OCH3 is 1. The first-order valence-corrected chi connectivity index (χ1v) is 12.0. The molecule has 2 heterocycles. The van der Waals surface area contributed by atoms with Crippen LogP contribution in [0.1, 0.15) is 30.6 Å². The molecule has 1 saturated heterocycles. The van der Waals surface area contributed by atoms with Crippen molar-refractivity contribution in [3.63, 3.8) is 0 Å². The summed E-state index contributed by atoms with van der Waals surface area (Å²) < 4.78 is 16.8. The summed E-state index contributed by atoms with van der Waals surface area (Å²) >= 11 is 0. The number of hydrogen-bond donors (Lipinski definition) is 0. The van der Waals surface area contributed by atoms with E-state index >= 15 is 0 Å². The van der Waals surface area contributed by atoms with Crippen molar-refractivity contribution in [2.24, 2.45) is 0 Å². The standard InChI is InChI=1S/C21H26N2O4.C7H8/c1-25-19-8-7-16(14-20(19)27-17-4-2-5-17)22-9-11-23(12-10-22)21(24)15-18-6-3-13-26-18;1-7-5-3-2-4-6-7/h3,6-8,13-14,17H,2,4-5,9-12,15H2,1H3;2-6H,1H3. The quantitative estimate of drug-likeness (QED) is 0.510. The van der Waals surface area contributed by atoms with Gasteiger partial charge in [0.2, 0.25) is 5.91 Å². The van der Waals surface area contributed by atoms with Crippen molar-refractivity contribution in [3.8, 4) is 11.5 Å². The van der Waals surface area contributed by atoms with E-state index in [-0.39, 0.29) is 5.91 Å². The number of ether oxygens (including phenoxy) is 2. The first-order chi connectivity index (χ1) is 16.6. The highest BCUT2D eigenvalue weighted by atomic mass is 16.5. The number of anilines is 1. The van der Waals surface area contributed by atoms with Gasteiger partial charge in [0.25, 0.3) is 0 Å². The summed E-state index contributed by atoms with van der Waals surface area (Å²) in [4.78, 5) is 16.6. The molecule has 0 spiro atoms. The maximum absolute atomic E-state index is 12.4. The lowest BCUT2D eigenvalue weighted by atomic mass is 9.96. The Morgan fingerprint density at radius 1 is 0.971 bits per heavy atom. The Labute approximate surface area is 202 Å². The van der Waals surface area contributed by atoms with Gasteiger partial charge in [0, 0.05) is 37.9 Å². The van der Waals surface area contributed by atoms with E-state index in [0.29, 0.717) is 25.6 Å². The highest BCUT2D eigenvalue weighted by molar-refractivity contribution is 5.78. The van der Waals surface area contributed by atoms with Crippen molar-refractivity contribution in [2.45, 2.75) is 38.7 Å². The summed E-state index contributed by atoms with van der Waals surface area (Å²) in [6, 6.07) is 20.0. The minimum atomic E-state index is 0.119. The van der Waals surface area contributed by atoms with Crippen LogP contribution < -0.4 is 14.4 Å². The summed E-state index contributed by atoms with van der Waals surface area (Å²) in [7, 11) is 1.67. The minimum Gasteiger partial charge on any atom is -0.493 e. The van der Waals surface area contributed by atoms with Crippen molar-refractivity contribution in [1.29, 1.82) is 0 Å². The van der Waals surface area contributed by atoms with Crippen molar-refractivity contribution < 1.29 is 18.7 Å². The van der Waals surface area contributed by atoms with E-state index in [0.717, 1.165) is 48.9 Å². The largest absolute Gasteiger partial charge is 0.493 e. The molecule has 1 aliphatic carbocycles. The summed E-state index contributed by atoms with van der Waals surface area (Å²) in [6.45, 7) is 5.12. The molecule has 1 amide bonds. The fraction of sp³-hybridized carbons (Fsp3) is 0.393. The number of nitrogens with zero attached hydrogens (tertiary/aromatic N) is 2. The second-order valence-corrected chi connectivity index (χ2v) is 8.78. The Hall–Kier alpha value is -3.41. The summed E-state index contributed by atoms with van der Waals surface area (Å²) in [6.07, 6.45) is 5.71. The molecule has 1 aliphatic heterocycles. The van der Waals surface area contributed by atoms with Crippen molar-refractivity contribution in [3.05, 3.63) is 78.3 Å². The van der Waals surface area contributed by atoms with Gasteiger partial charge >= 0.3 is 0 Å². The third-order valence-electron chi connectivity index (χ3n) is 6.34. The van der Waals surface area contributed by atoms with Crippen LogP contribution in [0.5, 0.6) is 11.5 Å². The van der Waals surface area contributed by atoms with E-state index < -0.39 is 0 Å². The number of furan rings is 1. The number of piperazine rings is 1. The Morgan fingerprint density at radius 3 is 2.29 bits per heavy atom. The van der Waals surface area contributed by atoms with Gasteiger partial charge in [-0.2, -0.15) is 0 Å². The van der Waals surface area contributed by atoms with Crippen LogP contribution in [0.4, 0.5) is 5.69 Å². The molecule has 5 rings (SSSR count). The van der Waals surface area contributed by atoms with Crippen LogP contribution >= 0.6 is 0 Å². The van der Waals surface area contributed by atoms with Gasteiger partial charge in [-0.1, -0.05) is 35.9 Å². The van der Waals surface area contributed by atoms with Gasteiger partial charge in [-0.15, -0.1) is 0 Å². The van der Waals surface area contributed by atoms with Crippen molar-refractivity contribution in [1.82, 2.24) is 4.90 Å². The first kappa shape index (κ1) is 23.7. The number of benzene rings is 2. The highest BCUT2D eigenvalue weighted by Gasteiger charge is 2.24. The zero-order valence-corrected chi connectivity index (χ0v) is 20.1. The van der Waals surface area contributed by atoms with Crippen LogP contribution in [0.15, 0.2) is 71.3 Å². The van der Waals surface area contributed by atoms with Crippen LogP contribution in [-0.4, -0.2) is 50.2 Å². The van der Waals surface area contributed by atoms with Crippen molar-refractivity contribution >= 4 is 11.6 Å². The number of hydrogen-bond acceptors (Lipinski definition) is 5. The predicted octanol–water partition coefficient (Wildman–Crippen LogP) is 5.11. The monoisotopic (exact) mass is 462 g/mol. The molecule has 3 aromatic rings. The second-order valence-electron chi connectivity index (χ2n) is 8.78. The molecule has 34 heavy (non-hydrogen) atoms. The lowest BCUT2D eigenvalue weighted by Crippen LogP contribution is -2.49. The molecule has 2 aliphatic rings. The number of rotatable bonds is 6. The van der Waals surface area contributed by atoms with Gasteiger partial charge in [0.15, 0.2) is 11.5 Å². The van der Waals surface area contributed by atoms with E-state index in [1.54, 1.807) is 13.4 Å². The third kappa shape index (κ3) is 6.34. The average Bonchev–Trinajstić information content (AvgIpc) is 3.35. The Bertz CT molecular complexity index is 1020. The molecule has 180 valence electrons. The van der Waals surface area contributed by atoms with Crippen LogP contribution in [0.2, 0.25) is 0 Å². The van der Waals surface area contributed by atoms with Gasteiger partial charge in [-0.25, -0.2) is 0 Å². The van der Waals surface area contributed by atoms with Crippen LogP contribution in [0, 0.1) is 6.92 Å². The van der Waals surface area contributed by atoms with E-state index in [9.17, 15) is 4.79 Å². The Kier molecular flexibility index (Phi) is 8.12. The van der Waals surface area contributed by atoms with Gasteiger partial charge in [-0.05, 0) is 50.5 Å². The van der Waals surface area contributed by atoms with Gasteiger partial charge < -0.3 is 23.7 Å². The fourth-order valence-corrected chi connectivity index (χ4v) is 4.04. The van der Waals surface area contributed by atoms with Gasteiger partial charge in [0.05, 0.1) is 25.9 Å². The highest BCUT2D eigenvalue weighted by Crippen LogP contribution is 2.35. The van der Waals surface area contributed by atoms with E-state index in [2.05, 4.69) is 36.1 Å². The van der Waals surface area contributed by atoms with E-state index in [4.69, 9.17) is 13.9 Å². The lowest BCUT2D eigenvalue weighted by Gasteiger charge is -2.36. The number of carbonyl (C=O) groups is 1. The van der Waals surface area contributed by atoms with Gasteiger partial charge in [-0.3, -0.25) is 4.79 Å². The number of carbonyl (C=O) groups excluding carboxylic acids is 1. The van der Waals surface area contributed by atoms with E-state index in [1.807, 2.05) is 41.3 Å².